The summed E-state index contributed by atoms with van der Waals surface area (Å²) in [5.41, 5.74) is 0.598. The molecule has 9 heteroatoms. The van der Waals surface area contributed by atoms with Crippen molar-refractivity contribution in [2.75, 3.05) is 4.90 Å². The molecule has 1 aliphatic heterocycles. The van der Waals surface area contributed by atoms with Crippen molar-refractivity contribution in [3.8, 4) is 6.07 Å². The van der Waals surface area contributed by atoms with Crippen molar-refractivity contribution in [1.82, 2.24) is 5.32 Å². The summed E-state index contributed by atoms with van der Waals surface area (Å²) < 4.78 is 0. The number of carbonyl (C=O) groups excluding carboxylic acids is 1. The second-order valence-electron chi connectivity index (χ2n) is 4.83. The molecule has 0 saturated carbocycles. The molecule has 1 aromatic carbocycles. The SMILES string of the molecule is N#CC1=C(S)N(c2ccccc2)C(c2ccc([N+](=O)[O-])s2)NC1=O. The first kappa shape index (κ1) is 16.0. The highest BCUT2D eigenvalue weighted by Gasteiger charge is 2.35. The maximum Gasteiger partial charge on any atom is 0.324 e. The lowest BCUT2D eigenvalue weighted by Crippen LogP contribution is -2.45. The Balaban J connectivity index is 2.13. The third kappa shape index (κ3) is 2.73. The number of hydrogen-bond donors (Lipinski definition) is 2. The molecule has 1 amide bonds. The lowest BCUT2D eigenvalue weighted by atomic mass is 10.1. The van der Waals surface area contributed by atoms with Gasteiger partial charge in [-0.25, -0.2) is 0 Å². The van der Waals surface area contributed by atoms with E-state index in [0.717, 1.165) is 11.3 Å². The normalized spacial score (nSPS) is 17.4. The maximum atomic E-state index is 12.1. The van der Waals surface area contributed by atoms with Gasteiger partial charge >= 0.3 is 5.00 Å². The first-order valence-electron chi connectivity index (χ1n) is 6.75. The molecule has 2 aromatic rings. The van der Waals surface area contributed by atoms with Gasteiger partial charge in [-0.15, -0.1) is 12.6 Å². The summed E-state index contributed by atoms with van der Waals surface area (Å²) in [5.74, 6) is -0.560. The molecule has 7 nitrogen and oxygen atoms in total. The van der Waals surface area contributed by atoms with Crippen molar-refractivity contribution in [3.05, 3.63) is 68.1 Å². The zero-order valence-corrected chi connectivity index (χ0v) is 13.8. The molecule has 1 N–H and O–H groups in total. The molecule has 0 radical (unpaired) electrons. The van der Waals surface area contributed by atoms with Crippen LogP contribution < -0.4 is 10.2 Å². The Bertz CT molecular complexity index is 886. The minimum Gasteiger partial charge on any atom is -0.326 e. The monoisotopic (exact) mass is 358 g/mol. The molecular weight excluding hydrogens is 348 g/mol. The van der Waals surface area contributed by atoms with Gasteiger partial charge < -0.3 is 10.2 Å². The standard InChI is InChI=1S/C15H10N4O3S2/c16-8-10-14(20)17-13(11-6-7-12(24-11)19(21)22)18(15(10)23)9-4-2-1-3-5-9/h1-7,13,23H,(H,17,20). The molecule has 0 saturated heterocycles. The van der Waals surface area contributed by atoms with E-state index in [9.17, 15) is 20.2 Å². The van der Waals surface area contributed by atoms with Gasteiger partial charge in [-0.1, -0.05) is 29.5 Å². The molecule has 0 aliphatic carbocycles. The average Bonchev–Trinajstić information content (AvgIpc) is 3.05. The molecule has 1 aliphatic rings. The summed E-state index contributed by atoms with van der Waals surface area (Å²) in [7, 11) is 0. The fourth-order valence-corrected chi connectivity index (χ4v) is 3.60. The van der Waals surface area contributed by atoms with Gasteiger partial charge in [0, 0.05) is 11.8 Å². The molecule has 3 rings (SSSR count). The van der Waals surface area contributed by atoms with Gasteiger partial charge in [0.05, 0.1) is 14.8 Å². The van der Waals surface area contributed by atoms with Gasteiger partial charge in [0.25, 0.3) is 5.91 Å². The van der Waals surface area contributed by atoms with Gasteiger partial charge in [-0.2, -0.15) is 5.26 Å². The summed E-state index contributed by atoms with van der Waals surface area (Å²) in [6.07, 6.45) is -0.678. The molecule has 0 bridgehead atoms. The summed E-state index contributed by atoms with van der Waals surface area (Å²) in [6, 6.07) is 13.9. The molecule has 120 valence electrons. The number of anilines is 1. The van der Waals surface area contributed by atoms with Crippen molar-refractivity contribution in [1.29, 1.82) is 5.26 Å². The number of benzene rings is 1. The predicted octanol–water partition coefficient (Wildman–Crippen LogP) is 2.96. The number of nitriles is 1. The van der Waals surface area contributed by atoms with E-state index in [1.165, 1.54) is 6.07 Å². The fourth-order valence-electron chi connectivity index (χ4n) is 2.35. The number of amides is 1. The largest absolute Gasteiger partial charge is 0.326 e. The minimum atomic E-state index is -0.678. The number of rotatable bonds is 3. The first-order valence-corrected chi connectivity index (χ1v) is 8.02. The molecule has 0 fully saturated rings. The third-order valence-corrected chi connectivity index (χ3v) is 4.94. The van der Waals surface area contributed by atoms with Crippen LogP contribution in [0.15, 0.2) is 53.1 Å². The highest BCUT2D eigenvalue weighted by Crippen LogP contribution is 2.39. The molecule has 0 spiro atoms. The van der Waals surface area contributed by atoms with Crippen molar-refractivity contribution in [3.63, 3.8) is 0 Å². The highest BCUT2D eigenvalue weighted by atomic mass is 32.1. The zero-order valence-electron chi connectivity index (χ0n) is 12.0. The van der Waals surface area contributed by atoms with E-state index in [-0.39, 0.29) is 15.6 Å². The molecular formula is C15H10N4O3S2. The van der Waals surface area contributed by atoms with Crippen LogP contribution in [-0.4, -0.2) is 10.8 Å². The van der Waals surface area contributed by atoms with Gasteiger partial charge in [0.1, 0.15) is 17.8 Å². The van der Waals surface area contributed by atoms with Crippen LogP contribution in [0.5, 0.6) is 0 Å². The minimum absolute atomic E-state index is 0.0250. The Kier molecular flexibility index (Phi) is 4.24. The molecule has 2 heterocycles. The molecule has 1 unspecified atom stereocenters. The van der Waals surface area contributed by atoms with Crippen LogP contribution in [0.4, 0.5) is 10.7 Å². The van der Waals surface area contributed by atoms with E-state index in [2.05, 4.69) is 17.9 Å². The number of nitrogens with one attached hydrogen (secondary N) is 1. The van der Waals surface area contributed by atoms with Gasteiger partial charge in [-0.05, 0) is 18.2 Å². The van der Waals surface area contributed by atoms with E-state index in [1.54, 1.807) is 23.1 Å². The first-order chi connectivity index (χ1) is 11.5. The number of nitro groups is 1. The number of carbonyl (C=O) groups is 1. The van der Waals surface area contributed by atoms with E-state index >= 15 is 0 Å². The highest BCUT2D eigenvalue weighted by molar-refractivity contribution is 7.84. The van der Waals surface area contributed by atoms with Crippen LogP contribution in [0.3, 0.4) is 0 Å². The quantitative estimate of drug-likeness (QED) is 0.499. The Morgan fingerprint density at radius 3 is 2.58 bits per heavy atom. The van der Waals surface area contributed by atoms with Crippen molar-refractivity contribution < 1.29 is 9.72 Å². The van der Waals surface area contributed by atoms with Gasteiger partial charge in [0.15, 0.2) is 0 Å². The number of para-hydroxylation sites is 1. The summed E-state index contributed by atoms with van der Waals surface area (Å²) in [4.78, 5) is 24.8. The average molecular weight is 358 g/mol. The van der Waals surface area contributed by atoms with E-state index < -0.39 is 17.0 Å². The number of hydrogen-bond acceptors (Lipinski definition) is 7. The lowest BCUT2D eigenvalue weighted by Gasteiger charge is -2.37. The van der Waals surface area contributed by atoms with Crippen LogP contribution in [0.2, 0.25) is 0 Å². The van der Waals surface area contributed by atoms with Crippen LogP contribution >= 0.6 is 24.0 Å². The molecule has 24 heavy (non-hydrogen) atoms. The number of thiophene rings is 1. The molecule has 1 aromatic heterocycles. The summed E-state index contributed by atoms with van der Waals surface area (Å²) in [5, 5.41) is 23.0. The van der Waals surface area contributed by atoms with Gasteiger partial charge in [0.2, 0.25) is 0 Å². The Labute approximate surface area is 146 Å². The van der Waals surface area contributed by atoms with Crippen LogP contribution in [0.25, 0.3) is 0 Å². The van der Waals surface area contributed by atoms with Crippen LogP contribution in [0, 0.1) is 21.4 Å². The second kappa shape index (κ2) is 6.35. The zero-order chi connectivity index (χ0) is 17.3. The Morgan fingerprint density at radius 1 is 1.29 bits per heavy atom. The second-order valence-corrected chi connectivity index (χ2v) is 6.34. The van der Waals surface area contributed by atoms with E-state index in [0.29, 0.717) is 10.6 Å². The fraction of sp³-hybridized carbons (Fsp3) is 0.0667. The summed E-state index contributed by atoms with van der Waals surface area (Å²) >= 11 is 5.32. The maximum absolute atomic E-state index is 12.1. The lowest BCUT2D eigenvalue weighted by molar-refractivity contribution is -0.380. The Hall–Kier alpha value is -2.83. The van der Waals surface area contributed by atoms with E-state index in [1.807, 2.05) is 24.3 Å². The van der Waals surface area contributed by atoms with Crippen molar-refractivity contribution in [2.24, 2.45) is 0 Å². The van der Waals surface area contributed by atoms with Crippen LogP contribution in [0.1, 0.15) is 11.0 Å². The van der Waals surface area contributed by atoms with E-state index in [4.69, 9.17) is 0 Å². The smallest absolute Gasteiger partial charge is 0.324 e. The molecule has 1 atom stereocenters. The topological polar surface area (TPSA) is 99.3 Å². The summed E-state index contributed by atoms with van der Waals surface area (Å²) in [6.45, 7) is 0. The van der Waals surface area contributed by atoms with Crippen molar-refractivity contribution in [2.45, 2.75) is 6.17 Å². The number of thiol groups is 1. The Morgan fingerprint density at radius 2 is 2.00 bits per heavy atom. The predicted molar refractivity (Wildman–Crippen MR) is 92.4 cm³/mol. The van der Waals surface area contributed by atoms with Crippen LogP contribution in [-0.2, 0) is 4.79 Å². The third-order valence-electron chi connectivity index (χ3n) is 3.41. The number of nitrogens with zero attached hydrogens (tertiary/aromatic N) is 3. The van der Waals surface area contributed by atoms with Gasteiger partial charge in [-0.3, -0.25) is 14.9 Å². The van der Waals surface area contributed by atoms with Crippen molar-refractivity contribution >= 4 is 40.6 Å².